The fraction of sp³-hybridized carbons (Fsp3) is 0.182. The summed E-state index contributed by atoms with van der Waals surface area (Å²) in [7, 11) is 1.25. The van der Waals surface area contributed by atoms with E-state index in [2.05, 4.69) is 17.9 Å². The summed E-state index contributed by atoms with van der Waals surface area (Å²) in [6.07, 6.45) is 4.18. The van der Waals surface area contributed by atoms with Gasteiger partial charge in [0.25, 0.3) is 5.91 Å². The number of hydrogen-bond donors (Lipinski definition) is 2. The normalized spacial score (nSPS) is 10.3. The molecule has 0 aromatic heterocycles. The number of phenolic OH excluding ortho intramolecular Hbond substituents is 1. The third-order valence-electron chi connectivity index (χ3n) is 3.48. The summed E-state index contributed by atoms with van der Waals surface area (Å²) in [6, 6.07) is 7.92. The number of benzene rings is 1. The van der Waals surface area contributed by atoms with E-state index in [4.69, 9.17) is 10.4 Å². The van der Waals surface area contributed by atoms with Crippen LogP contribution in [0.25, 0.3) is 0 Å². The molecular weight excluding hydrogens is 388 g/mol. The summed E-state index contributed by atoms with van der Waals surface area (Å²) in [4.78, 5) is 34.3. The number of allylic oxidation sites excluding steroid dienone is 2. The molecule has 0 radical (unpaired) electrons. The number of hydrogen-bond acceptors (Lipinski definition) is 6. The Hall–Kier alpha value is -4.12. The van der Waals surface area contributed by atoms with Crippen LogP contribution < -0.4 is 4.90 Å². The van der Waals surface area contributed by atoms with Gasteiger partial charge in [0.1, 0.15) is 5.75 Å². The van der Waals surface area contributed by atoms with Crippen LogP contribution in [0.3, 0.4) is 0 Å². The summed E-state index contributed by atoms with van der Waals surface area (Å²) in [5.74, 6) is -1.71. The first kappa shape index (κ1) is 25.9. The largest absolute Gasteiger partial charge is 0.508 e. The van der Waals surface area contributed by atoms with Crippen LogP contribution in [0.15, 0.2) is 72.5 Å². The van der Waals surface area contributed by atoms with Crippen molar-refractivity contribution in [2.24, 2.45) is 0 Å². The van der Waals surface area contributed by atoms with E-state index in [0.29, 0.717) is 11.3 Å². The Morgan fingerprint density at radius 1 is 1.20 bits per heavy atom. The molecule has 1 rings (SSSR count). The Bertz CT molecular complexity index is 905. The number of methoxy groups -OCH3 is 1. The highest BCUT2D eigenvalue weighted by molar-refractivity contribution is 6.06. The number of aromatic hydroxyl groups is 1. The van der Waals surface area contributed by atoms with Crippen molar-refractivity contribution in [3.05, 3.63) is 72.5 Å². The maximum atomic E-state index is 11.8. The Balaban J connectivity index is 0.000000584. The number of nitrogens with zero attached hydrogens (tertiary/aromatic N) is 2. The van der Waals surface area contributed by atoms with E-state index in [1.54, 1.807) is 19.1 Å². The van der Waals surface area contributed by atoms with Crippen molar-refractivity contribution < 1.29 is 29.3 Å². The average molecular weight is 412 g/mol. The second-order valence-electron chi connectivity index (χ2n) is 5.91. The molecule has 0 unspecified atom stereocenters. The van der Waals surface area contributed by atoms with Gasteiger partial charge in [-0.3, -0.25) is 9.69 Å². The second kappa shape index (κ2) is 13.1. The van der Waals surface area contributed by atoms with Gasteiger partial charge in [-0.15, -0.1) is 0 Å². The SMILES string of the molecule is C=C(C)C(=O)N(C=CC#N)c1ccc(O)cc1.C=C(CC=C(C)C(=O)O)C(=O)OC. The standard InChI is InChI=1S/C13H12N2O2.C9H12O4/c1-10(2)13(17)15(9-3-8-14)11-4-6-12(16)7-5-11;1-6(8(10)11)4-5-7(2)9(12)13-3/h3-7,9,16H,1H2,2H3;4H,2,5H2,1,3H3,(H,10,11). The minimum Gasteiger partial charge on any atom is -0.508 e. The maximum Gasteiger partial charge on any atom is 0.333 e. The van der Waals surface area contributed by atoms with Crippen LogP contribution in [0.5, 0.6) is 5.75 Å². The first-order valence-corrected chi connectivity index (χ1v) is 8.55. The molecule has 0 spiro atoms. The number of aliphatic carboxylic acids is 1. The van der Waals surface area contributed by atoms with E-state index in [1.807, 2.05) is 6.07 Å². The number of rotatable bonds is 7. The van der Waals surface area contributed by atoms with Crippen molar-refractivity contribution in [3.8, 4) is 11.8 Å². The molecule has 2 N–H and O–H groups in total. The van der Waals surface area contributed by atoms with Crippen molar-refractivity contribution in [1.29, 1.82) is 5.26 Å². The number of carboxylic acid groups (broad SMARTS) is 1. The molecule has 8 nitrogen and oxygen atoms in total. The number of carbonyl (C=O) groups is 3. The molecule has 158 valence electrons. The number of nitriles is 1. The van der Waals surface area contributed by atoms with Gasteiger partial charge in [0.2, 0.25) is 0 Å². The highest BCUT2D eigenvalue weighted by atomic mass is 16.5. The van der Waals surface area contributed by atoms with Gasteiger partial charge in [-0.1, -0.05) is 19.2 Å². The molecule has 0 fully saturated rings. The lowest BCUT2D eigenvalue weighted by Gasteiger charge is -2.18. The van der Waals surface area contributed by atoms with Crippen LogP contribution >= 0.6 is 0 Å². The van der Waals surface area contributed by atoms with Crippen LogP contribution in [0.4, 0.5) is 5.69 Å². The number of phenols is 1. The molecular formula is C22H24N2O6. The number of amides is 1. The molecule has 0 saturated carbocycles. The summed E-state index contributed by atoms with van der Waals surface area (Å²) < 4.78 is 4.39. The average Bonchev–Trinajstić information content (AvgIpc) is 2.72. The zero-order chi connectivity index (χ0) is 23.3. The third-order valence-corrected chi connectivity index (χ3v) is 3.48. The lowest BCUT2D eigenvalue weighted by molar-refractivity contribution is -0.136. The van der Waals surface area contributed by atoms with Gasteiger partial charge in [0, 0.05) is 34.7 Å². The van der Waals surface area contributed by atoms with Gasteiger partial charge >= 0.3 is 11.9 Å². The van der Waals surface area contributed by atoms with Crippen LogP contribution in [-0.4, -0.2) is 35.2 Å². The Labute approximate surface area is 175 Å². The van der Waals surface area contributed by atoms with Gasteiger partial charge in [-0.2, -0.15) is 5.26 Å². The summed E-state index contributed by atoms with van der Waals surface area (Å²) in [5.41, 5.74) is 1.34. The Morgan fingerprint density at radius 3 is 2.20 bits per heavy atom. The molecule has 0 aliphatic heterocycles. The zero-order valence-electron chi connectivity index (χ0n) is 17.1. The fourth-order valence-electron chi connectivity index (χ4n) is 1.79. The molecule has 0 aliphatic carbocycles. The molecule has 0 heterocycles. The van der Waals surface area contributed by atoms with E-state index in [-0.39, 0.29) is 29.2 Å². The summed E-state index contributed by atoms with van der Waals surface area (Å²) in [5, 5.41) is 26.1. The number of esters is 1. The molecule has 8 heteroatoms. The smallest absolute Gasteiger partial charge is 0.333 e. The van der Waals surface area contributed by atoms with Crippen molar-refractivity contribution in [2.45, 2.75) is 20.3 Å². The number of carbonyl (C=O) groups excluding carboxylic acids is 2. The molecule has 1 aromatic rings. The lowest BCUT2D eigenvalue weighted by atomic mass is 10.1. The predicted molar refractivity (Wildman–Crippen MR) is 112 cm³/mol. The Kier molecular flexibility index (Phi) is 11.3. The summed E-state index contributed by atoms with van der Waals surface area (Å²) in [6.45, 7) is 10.1. The van der Waals surface area contributed by atoms with Crippen LogP contribution in [0.2, 0.25) is 0 Å². The maximum absolute atomic E-state index is 11.8. The first-order chi connectivity index (χ1) is 14.0. The quantitative estimate of drug-likeness (QED) is 0.399. The third kappa shape index (κ3) is 9.19. The molecule has 1 amide bonds. The molecule has 1 aromatic carbocycles. The van der Waals surface area contributed by atoms with E-state index in [1.165, 1.54) is 49.4 Å². The van der Waals surface area contributed by atoms with Gasteiger partial charge in [-0.25, -0.2) is 9.59 Å². The summed E-state index contributed by atoms with van der Waals surface area (Å²) >= 11 is 0. The molecule has 0 bridgehead atoms. The predicted octanol–water partition coefficient (Wildman–Crippen LogP) is 3.48. The van der Waals surface area contributed by atoms with Crippen LogP contribution in [0, 0.1) is 11.3 Å². The first-order valence-electron chi connectivity index (χ1n) is 8.55. The van der Waals surface area contributed by atoms with E-state index in [0.717, 1.165) is 0 Å². The zero-order valence-corrected chi connectivity index (χ0v) is 17.1. The van der Waals surface area contributed by atoms with Crippen LogP contribution in [0.1, 0.15) is 20.3 Å². The van der Waals surface area contributed by atoms with Gasteiger partial charge in [0.05, 0.1) is 13.2 Å². The van der Waals surface area contributed by atoms with E-state index in [9.17, 15) is 19.5 Å². The fourth-order valence-corrected chi connectivity index (χ4v) is 1.79. The van der Waals surface area contributed by atoms with E-state index < -0.39 is 11.9 Å². The molecule has 30 heavy (non-hydrogen) atoms. The Morgan fingerprint density at radius 2 is 1.77 bits per heavy atom. The number of carboxylic acids is 1. The minimum atomic E-state index is -1.00. The monoisotopic (exact) mass is 412 g/mol. The molecule has 0 saturated heterocycles. The topological polar surface area (TPSA) is 128 Å². The van der Waals surface area contributed by atoms with Crippen molar-refractivity contribution >= 4 is 23.5 Å². The van der Waals surface area contributed by atoms with E-state index >= 15 is 0 Å². The van der Waals surface area contributed by atoms with Gasteiger partial charge in [-0.05, 0) is 44.5 Å². The molecule has 0 atom stereocenters. The highest BCUT2D eigenvalue weighted by Gasteiger charge is 2.13. The lowest BCUT2D eigenvalue weighted by Crippen LogP contribution is -2.25. The minimum absolute atomic E-state index is 0.112. The van der Waals surface area contributed by atoms with Crippen molar-refractivity contribution in [3.63, 3.8) is 0 Å². The van der Waals surface area contributed by atoms with Gasteiger partial charge < -0.3 is 14.9 Å². The number of ether oxygens (including phenoxy) is 1. The highest BCUT2D eigenvalue weighted by Crippen LogP contribution is 2.20. The molecule has 0 aliphatic rings. The van der Waals surface area contributed by atoms with Crippen LogP contribution in [-0.2, 0) is 19.1 Å². The number of anilines is 1. The second-order valence-corrected chi connectivity index (χ2v) is 5.91. The van der Waals surface area contributed by atoms with Gasteiger partial charge in [0.15, 0.2) is 0 Å². The van der Waals surface area contributed by atoms with Crippen molar-refractivity contribution in [1.82, 2.24) is 0 Å². The van der Waals surface area contributed by atoms with Crippen molar-refractivity contribution in [2.75, 3.05) is 12.0 Å².